The quantitative estimate of drug-likeness (QED) is 0.637. The summed E-state index contributed by atoms with van der Waals surface area (Å²) in [6.07, 6.45) is 0.784. The molecule has 2 N–H and O–H groups in total. The minimum Gasteiger partial charge on any atom is -0.471 e. The Balaban J connectivity index is 1.45. The minimum absolute atomic E-state index is 0.409. The molecule has 1 saturated heterocycles. The standard InChI is InChI=1S/C19H20N6O3S/c26-19(27)25-11-9-24(10-12-25)17-16(22-29-23-17)21-15-7-4-8-20-18(15)28-13-14-5-2-1-3-6-14/h1-8H,9-13H2,(H,21,22)(H,26,27). The second kappa shape index (κ2) is 8.74. The number of aromatic nitrogens is 3. The van der Waals surface area contributed by atoms with Crippen LogP contribution in [0.15, 0.2) is 48.7 Å². The average molecular weight is 412 g/mol. The van der Waals surface area contributed by atoms with Crippen LogP contribution in [0.2, 0.25) is 0 Å². The van der Waals surface area contributed by atoms with Gasteiger partial charge in [-0.05, 0) is 17.7 Å². The van der Waals surface area contributed by atoms with E-state index in [1.165, 1.54) is 4.90 Å². The van der Waals surface area contributed by atoms with Crippen molar-refractivity contribution in [2.24, 2.45) is 0 Å². The van der Waals surface area contributed by atoms with E-state index in [4.69, 9.17) is 9.84 Å². The van der Waals surface area contributed by atoms with Crippen LogP contribution in [0.3, 0.4) is 0 Å². The van der Waals surface area contributed by atoms with Crippen molar-refractivity contribution in [1.29, 1.82) is 0 Å². The molecule has 0 bridgehead atoms. The summed E-state index contributed by atoms with van der Waals surface area (Å²) in [6.45, 7) is 2.41. The first kappa shape index (κ1) is 18.9. The van der Waals surface area contributed by atoms with Crippen LogP contribution < -0.4 is 15.0 Å². The van der Waals surface area contributed by atoms with E-state index in [9.17, 15) is 4.79 Å². The van der Waals surface area contributed by atoms with Gasteiger partial charge in [0.1, 0.15) is 12.3 Å². The van der Waals surface area contributed by atoms with Gasteiger partial charge in [0.15, 0.2) is 11.6 Å². The highest BCUT2D eigenvalue weighted by atomic mass is 32.1. The predicted molar refractivity (Wildman–Crippen MR) is 110 cm³/mol. The molecular weight excluding hydrogens is 392 g/mol. The van der Waals surface area contributed by atoms with E-state index in [1.54, 1.807) is 6.20 Å². The Morgan fingerprint density at radius 1 is 1.10 bits per heavy atom. The van der Waals surface area contributed by atoms with Crippen molar-refractivity contribution in [2.75, 3.05) is 36.4 Å². The lowest BCUT2D eigenvalue weighted by Gasteiger charge is -2.33. The lowest BCUT2D eigenvalue weighted by Crippen LogP contribution is -2.48. The van der Waals surface area contributed by atoms with Crippen LogP contribution >= 0.6 is 11.7 Å². The number of amides is 1. The van der Waals surface area contributed by atoms with Gasteiger partial charge in [0.05, 0.1) is 11.7 Å². The van der Waals surface area contributed by atoms with Crippen LogP contribution in [0.25, 0.3) is 0 Å². The molecule has 29 heavy (non-hydrogen) atoms. The van der Waals surface area contributed by atoms with Crippen molar-refractivity contribution in [3.05, 3.63) is 54.2 Å². The van der Waals surface area contributed by atoms with Gasteiger partial charge >= 0.3 is 6.09 Å². The van der Waals surface area contributed by atoms with Gasteiger partial charge in [-0.25, -0.2) is 9.78 Å². The maximum atomic E-state index is 11.1. The van der Waals surface area contributed by atoms with Crippen LogP contribution in [-0.2, 0) is 6.61 Å². The first-order chi connectivity index (χ1) is 14.2. The summed E-state index contributed by atoms with van der Waals surface area (Å²) in [4.78, 5) is 18.9. The number of hydrogen-bond donors (Lipinski definition) is 2. The van der Waals surface area contributed by atoms with Gasteiger partial charge in [-0.15, -0.1) is 0 Å². The molecule has 3 aromatic rings. The van der Waals surface area contributed by atoms with Crippen molar-refractivity contribution < 1.29 is 14.6 Å². The molecule has 0 aliphatic carbocycles. The van der Waals surface area contributed by atoms with E-state index < -0.39 is 6.09 Å². The van der Waals surface area contributed by atoms with E-state index in [0.29, 0.717) is 56.0 Å². The first-order valence-corrected chi connectivity index (χ1v) is 9.88. The Morgan fingerprint density at radius 2 is 1.90 bits per heavy atom. The molecule has 1 aliphatic rings. The zero-order chi connectivity index (χ0) is 20.1. The Labute approximate surface area is 171 Å². The zero-order valence-electron chi connectivity index (χ0n) is 15.6. The normalized spacial score (nSPS) is 13.9. The van der Waals surface area contributed by atoms with Crippen LogP contribution in [0.5, 0.6) is 5.88 Å². The Bertz CT molecular complexity index is 959. The van der Waals surface area contributed by atoms with E-state index >= 15 is 0 Å². The number of nitrogens with one attached hydrogen (secondary N) is 1. The average Bonchev–Trinajstić information content (AvgIpc) is 3.22. The summed E-state index contributed by atoms with van der Waals surface area (Å²) in [7, 11) is 0. The molecule has 1 aliphatic heterocycles. The molecule has 1 amide bonds. The van der Waals surface area contributed by atoms with E-state index in [0.717, 1.165) is 17.3 Å². The van der Waals surface area contributed by atoms with E-state index in [-0.39, 0.29) is 0 Å². The highest BCUT2D eigenvalue weighted by Gasteiger charge is 2.24. The highest BCUT2D eigenvalue weighted by molar-refractivity contribution is 6.99. The number of carboxylic acid groups (broad SMARTS) is 1. The summed E-state index contributed by atoms with van der Waals surface area (Å²) < 4.78 is 14.7. The van der Waals surface area contributed by atoms with Gasteiger partial charge in [-0.2, -0.15) is 8.75 Å². The first-order valence-electron chi connectivity index (χ1n) is 9.15. The molecule has 1 aromatic carbocycles. The Hall–Kier alpha value is -3.40. The summed E-state index contributed by atoms with van der Waals surface area (Å²) in [6, 6.07) is 13.6. The predicted octanol–water partition coefficient (Wildman–Crippen LogP) is 3.06. The van der Waals surface area contributed by atoms with Crippen molar-refractivity contribution in [3.8, 4) is 5.88 Å². The number of benzene rings is 1. The van der Waals surface area contributed by atoms with Gasteiger partial charge in [0.25, 0.3) is 0 Å². The largest absolute Gasteiger partial charge is 0.471 e. The number of piperazine rings is 1. The van der Waals surface area contributed by atoms with E-state index in [2.05, 4.69) is 19.0 Å². The third-order valence-electron chi connectivity index (χ3n) is 4.56. The number of hydrogen-bond acceptors (Lipinski definition) is 8. The molecule has 150 valence electrons. The Kier molecular flexibility index (Phi) is 5.71. The number of pyridine rings is 1. The molecule has 3 heterocycles. The monoisotopic (exact) mass is 412 g/mol. The lowest BCUT2D eigenvalue weighted by atomic mass is 10.2. The molecule has 0 unspecified atom stereocenters. The molecule has 0 atom stereocenters. The number of nitrogens with zero attached hydrogens (tertiary/aromatic N) is 5. The fourth-order valence-electron chi connectivity index (χ4n) is 3.03. The molecular formula is C19H20N6O3S. The molecule has 0 radical (unpaired) electrons. The smallest absolute Gasteiger partial charge is 0.407 e. The molecule has 4 rings (SSSR count). The summed E-state index contributed by atoms with van der Waals surface area (Å²) >= 11 is 1.11. The van der Waals surface area contributed by atoms with Gasteiger partial charge in [-0.1, -0.05) is 30.3 Å². The molecule has 0 saturated carbocycles. The van der Waals surface area contributed by atoms with Crippen molar-refractivity contribution in [1.82, 2.24) is 18.6 Å². The SMILES string of the molecule is O=C(O)N1CCN(c2nsnc2Nc2cccnc2OCc2ccccc2)CC1. The zero-order valence-corrected chi connectivity index (χ0v) is 16.4. The summed E-state index contributed by atoms with van der Waals surface area (Å²) in [5, 5.41) is 12.4. The maximum absolute atomic E-state index is 11.1. The Morgan fingerprint density at radius 3 is 2.66 bits per heavy atom. The van der Waals surface area contributed by atoms with Crippen LogP contribution in [0.4, 0.5) is 22.1 Å². The lowest BCUT2D eigenvalue weighted by molar-refractivity contribution is 0.142. The van der Waals surface area contributed by atoms with Crippen LogP contribution in [0.1, 0.15) is 5.56 Å². The summed E-state index contributed by atoms with van der Waals surface area (Å²) in [5.41, 5.74) is 1.75. The van der Waals surface area contributed by atoms with Crippen LogP contribution in [-0.4, -0.2) is 56.0 Å². The summed E-state index contributed by atoms with van der Waals surface area (Å²) in [5.74, 6) is 1.79. The molecule has 1 fully saturated rings. The maximum Gasteiger partial charge on any atom is 0.407 e. The fraction of sp³-hybridized carbons (Fsp3) is 0.263. The number of rotatable bonds is 6. The molecule has 2 aromatic heterocycles. The number of anilines is 3. The second-order valence-electron chi connectivity index (χ2n) is 6.45. The highest BCUT2D eigenvalue weighted by Crippen LogP contribution is 2.31. The van der Waals surface area contributed by atoms with Crippen molar-refractivity contribution >= 4 is 35.1 Å². The van der Waals surface area contributed by atoms with Gasteiger partial charge in [0, 0.05) is 32.4 Å². The third kappa shape index (κ3) is 4.54. The topological polar surface area (TPSA) is 104 Å². The van der Waals surface area contributed by atoms with Gasteiger partial charge in [0.2, 0.25) is 5.88 Å². The van der Waals surface area contributed by atoms with E-state index in [1.807, 2.05) is 47.4 Å². The van der Waals surface area contributed by atoms with Crippen molar-refractivity contribution in [2.45, 2.75) is 6.61 Å². The molecule has 10 heteroatoms. The van der Waals surface area contributed by atoms with Crippen LogP contribution in [0, 0.1) is 0 Å². The minimum atomic E-state index is -0.894. The number of carbonyl (C=O) groups is 1. The molecule has 0 spiro atoms. The fourth-order valence-corrected chi connectivity index (χ4v) is 3.56. The molecule has 9 nitrogen and oxygen atoms in total. The van der Waals surface area contributed by atoms with Gasteiger partial charge < -0.3 is 25.0 Å². The van der Waals surface area contributed by atoms with Crippen molar-refractivity contribution in [3.63, 3.8) is 0 Å². The third-order valence-corrected chi connectivity index (χ3v) is 5.08. The number of ether oxygens (including phenoxy) is 1. The second-order valence-corrected chi connectivity index (χ2v) is 6.98. The van der Waals surface area contributed by atoms with Gasteiger partial charge in [-0.3, -0.25) is 0 Å².